The average molecular weight is 216 g/mol. The van der Waals surface area contributed by atoms with Crippen molar-refractivity contribution in [1.82, 2.24) is 4.98 Å². The Labute approximate surface area is 94.2 Å². The second kappa shape index (κ2) is 4.75. The second-order valence-corrected chi connectivity index (χ2v) is 3.67. The Balaban J connectivity index is 2.08. The van der Waals surface area contributed by atoms with E-state index in [4.69, 9.17) is 0 Å². The summed E-state index contributed by atoms with van der Waals surface area (Å²) in [6.45, 7) is 2.58. The van der Waals surface area contributed by atoms with Gasteiger partial charge in [0.2, 0.25) is 0 Å². The molecule has 1 N–H and O–H groups in total. The SMILES string of the molecule is Cc1ccc(F)cc1CNc1cccnc1. The highest BCUT2D eigenvalue weighted by molar-refractivity contribution is 5.41. The molecule has 2 rings (SSSR count). The Hall–Kier alpha value is -1.90. The molecule has 0 saturated heterocycles. The summed E-state index contributed by atoms with van der Waals surface area (Å²) >= 11 is 0. The summed E-state index contributed by atoms with van der Waals surface area (Å²) in [7, 11) is 0. The first-order chi connectivity index (χ1) is 7.75. The van der Waals surface area contributed by atoms with Gasteiger partial charge in [-0.3, -0.25) is 4.98 Å². The fourth-order valence-corrected chi connectivity index (χ4v) is 1.50. The third-order valence-electron chi connectivity index (χ3n) is 2.46. The predicted molar refractivity (Wildman–Crippen MR) is 62.7 cm³/mol. The van der Waals surface area contributed by atoms with Crippen LogP contribution in [-0.2, 0) is 6.54 Å². The molecule has 0 radical (unpaired) electrons. The minimum atomic E-state index is -0.200. The molecule has 2 aromatic rings. The van der Waals surface area contributed by atoms with Gasteiger partial charge >= 0.3 is 0 Å². The number of aromatic nitrogens is 1. The van der Waals surface area contributed by atoms with E-state index < -0.39 is 0 Å². The highest BCUT2D eigenvalue weighted by atomic mass is 19.1. The summed E-state index contributed by atoms with van der Waals surface area (Å²) < 4.78 is 13.0. The van der Waals surface area contributed by atoms with Crippen LogP contribution in [0.1, 0.15) is 11.1 Å². The Kier molecular flexibility index (Phi) is 3.15. The Morgan fingerprint density at radius 2 is 2.19 bits per heavy atom. The van der Waals surface area contributed by atoms with Gasteiger partial charge in [-0.15, -0.1) is 0 Å². The van der Waals surface area contributed by atoms with Gasteiger partial charge in [-0.25, -0.2) is 4.39 Å². The monoisotopic (exact) mass is 216 g/mol. The fourth-order valence-electron chi connectivity index (χ4n) is 1.50. The molecule has 0 bridgehead atoms. The molecule has 82 valence electrons. The zero-order valence-electron chi connectivity index (χ0n) is 9.07. The molecule has 0 fully saturated rings. The topological polar surface area (TPSA) is 24.9 Å². The van der Waals surface area contributed by atoms with Crippen molar-refractivity contribution >= 4 is 5.69 Å². The van der Waals surface area contributed by atoms with E-state index in [-0.39, 0.29) is 5.82 Å². The lowest BCUT2D eigenvalue weighted by molar-refractivity contribution is 0.625. The van der Waals surface area contributed by atoms with Gasteiger partial charge < -0.3 is 5.32 Å². The van der Waals surface area contributed by atoms with Crippen molar-refractivity contribution in [1.29, 1.82) is 0 Å². The molecule has 0 amide bonds. The molecule has 1 aromatic heterocycles. The zero-order valence-corrected chi connectivity index (χ0v) is 9.07. The van der Waals surface area contributed by atoms with Crippen molar-refractivity contribution in [3.8, 4) is 0 Å². The molecule has 1 aromatic carbocycles. The Morgan fingerprint density at radius 3 is 2.94 bits per heavy atom. The van der Waals surface area contributed by atoms with Gasteiger partial charge in [0.15, 0.2) is 0 Å². The molecule has 3 heteroatoms. The van der Waals surface area contributed by atoms with E-state index in [9.17, 15) is 4.39 Å². The largest absolute Gasteiger partial charge is 0.380 e. The van der Waals surface area contributed by atoms with Gasteiger partial charge in [-0.05, 0) is 42.3 Å². The number of aryl methyl sites for hydroxylation is 1. The number of benzene rings is 1. The summed E-state index contributed by atoms with van der Waals surface area (Å²) in [5.74, 6) is -0.200. The molecule has 0 saturated carbocycles. The smallest absolute Gasteiger partial charge is 0.123 e. The zero-order chi connectivity index (χ0) is 11.4. The van der Waals surface area contributed by atoms with Crippen molar-refractivity contribution in [3.63, 3.8) is 0 Å². The highest BCUT2D eigenvalue weighted by Gasteiger charge is 2.00. The minimum absolute atomic E-state index is 0.200. The molecular weight excluding hydrogens is 203 g/mol. The van der Waals surface area contributed by atoms with Gasteiger partial charge in [0.05, 0.1) is 5.69 Å². The van der Waals surface area contributed by atoms with Gasteiger partial charge in [0, 0.05) is 18.9 Å². The number of halogens is 1. The van der Waals surface area contributed by atoms with Crippen molar-refractivity contribution in [3.05, 3.63) is 59.7 Å². The summed E-state index contributed by atoms with van der Waals surface area (Å²) in [6.07, 6.45) is 3.47. The van der Waals surface area contributed by atoms with Crippen LogP contribution in [0.4, 0.5) is 10.1 Å². The normalized spacial score (nSPS) is 10.1. The quantitative estimate of drug-likeness (QED) is 0.852. The molecule has 16 heavy (non-hydrogen) atoms. The molecule has 0 atom stereocenters. The Bertz CT molecular complexity index is 469. The number of pyridine rings is 1. The van der Waals surface area contributed by atoms with Crippen molar-refractivity contribution in [2.45, 2.75) is 13.5 Å². The first kappa shape index (κ1) is 10.6. The highest BCUT2D eigenvalue weighted by Crippen LogP contribution is 2.12. The fraction of sp³-hybridized carbons (Fsp3) is 0.154. The molecule has 0 aliphatic carbocycles. The third-order valence-corrected chi connectivity index (χ3v) is 2.46. The molecule has 0 spiro atoms. The van der Waals surface area contributed by atoms with Crippen LogP contribution in [0.5, 0.6) is 0 Å². The van der Waals surface area contributed by atoms with Crippen LogP contribution >= 0.6 is 0 Å². The molecule has 2 nitrogen and oxygen atoms in total. The van der Waals surface area contributed by atoms with Gasteiger partial charge in [0.25, 0.3) is 0 Å². The maximum Gasteiger partial charge on any atom is 0.123 e. The summed E-state index contributed by atoms with van der Waals surface area (Å²) in [5.41, 5.74) is 2.98. The number of rotatable bonds is 3. The van der Waals surface area contributed by atoms with Gasteiger partial charge in [-0.1, -0.05) is 6.07 Å². The van der Waals surface area contributed by atoms with Crippen LogP contribution in [0.2, 0.25) is 0 Å². The van der Waals surface area contributed by atoms with Crippen LogP contribution in [-0.4, -0.2) is 4.98 Å². The van der Waals surface area contributed by atoms with E-state index in [1.807, 2.05) is 19.1 Å². The lowest BCUT2D eigenvalue weighted by Gasteiger charge is -2.08. The number of nitrogens with zero attached hydrogens (tertiary/aromatic N) is 1. The van der Waals surface area contributed by atoms with Crippen LogP contribution < -0.4 is 5.32 Å². The van der Waals surface area contributed by atoms with E-state index in [1.165, 1.54) is 6.07 Å². The molecule has 0 aliphatic rings. The lowest BCUT2D eigenvalue weighted by atomic mass is 10.1. The summed E-state index contributed by atoms with van der Waals surface area (Å²) in [4.78, 5) is 4.00. The van der Waals surface area contributed by atoms with Crippen LogP contribution in [0, 0.1) is 12.7 Å². The maximum atomic E-state index is 13.0. The number of anilines is 1. The molecule has 0 unspecified atom stereocenters. The van der Waals surface area contributed by atoms with Crippen molar-refractivity contribution in [2.75, 3.05) is 5.32 Å². The minimum Gasteiger partial charge on any atom is -0.380 e. The van der Waals surface area contributed by atoms with Crippen molar-refractivity contribution in [2.24, 2.45) is 0 Å². The number of nitrogens with one attached hydrogen (secondary N) is 1. The van der Waals surface area contributed by atoms with Crippen LogP contribution in [0.15, 0.2) is 42.7 Å². The van der Waals surface area contributed by atoms with Gasteiger partial charge in [0.1, 0.15) is 5.82 Å². The van der Waals surface area contributed by atoms with Crippen LogP contribution in [0.3, 0.4) is 0 Å². The number of hydrogen-bond acceptors (Lipinski definition) is 2. The predicted octanol–water partition coefficient (Wildman–Crippen LogP) is 3.14. The molecular formula is C13H13FN2. The summed E-state index contributed by atoms with van der Waals surface area (Å²) in [5, 5.41) is 3.20. The maximum absolute atomic E-state index is 13.0. The second-order valence-electron chi connectivity index (χ2n) is 3.67. The number of hydrogen-bond donors (Lipinski definition) is 1. The molecule has 0 aliphatic heterocycles. The summed E-state index contributed by atoms with van der Waals surface area (Å²) in [6, 6.07) is 8.61. The van der Waals surface area contributed by atoms with E-state index in [0.29, 0.717) is 6.54 Å². The lowest BCUT2D eigenvalue weighted by Crippen LogP contribution is -2.01. The standard InChI is InChI=1S/C13H13FN2/c1-10-4-5-12(14)7-11(10)8-16-13-3-2-6-15-9-13/h2-7,9,16H,8H2,1H3. The Morgan fingerprint density at radius 1 is 1.31 bits per heavy atom. The first-order valence-electron chi connectivity index (χ1n) is 5.14. The van der Waals surface area contributed by atoms with Crippen LogP contribution in [0.25, 0.3) is 0 Å². The van der Waals surface area contributed by atoms with E-state index >= 15 is 0 Å². The first-order valence-corrected chi connectivity index (χ1v) is 5.14. The van der Waals surface area contributed by atoms with E-state index in [1.54, 1.807) is 24.5 Å². The average Bonchev–Trinajstić information content (AvgIpc) is 2.32. The van der Waals surface area contributed by atoms with E-state index in [0.717, 1.165) is 16.8 Å². The molecule has 1 heterocycles. The third kappa shape index (κ3) is 2.57. The van der Waals surface area contributed by atoms with Gasteiger partial charge in [-0.2, -0.15) is 0 Å². The van der Waals surface area contributed by atoms with E-state index in [2.05, 4.69) is 10.3 Å². The van der Waals surface area contributed by atoms with Crippen molar-refractivity contribution < 1.29 is 4.39 Å².